The normalized spacial score (nSPS) is 4.17. The molecule has 2 nitrogen and oxygen atoms in total. The average Bonchev–Trinajstić information content (AvgIpc) is 0.811. The smallest absolute Gasteiger partial charge is 0.300 e. The molecule has 0 unspecified atom stereocenters. The zero-order chi connectivity index (χ0) is 3.58. The van der Waals surface area contributed by atoms with Gasteiger partial charge in [0.15, 0.2) is 0 Å². The Hall–Kier alpha value is 0.964. The fourth-order valence-corrected chi connectivity index (χ4v) is 0. The van der Waals surface area contributed by atoms with Gasteiger partial charge in [0.1, 0.15) is 0 Å². The number of hydrogen-bond donors (Lipinski definition) is 1. The summed E-state index contributed by atoms with van der Waals surface area (Å²) in [5.74, 6) is -0.833. The first-order chi connectivity index (χ1) is 1.73. The Morgan fingerprint density at radius 2 is 1.67 bits per heavy atom. The van der Waals surface area contributed by atoms with Crippen molar-refractivity contribution in [2.45, 2.75) is 6.92 Å². The predicted octanol–water partition coefficient (Wildman–Crippen LogP) is 0.0859. The van der Waals surface area contributed by atoms with E-state index < -0.39 is 5.97 Å². The Labute approximate surface area is 67.9 Å². The predicted molar refractivity (Wildman–Crippen MR) is 13.3 cm³/mol. The second-order valence-corrected chi connectivity index (χ2v) is 0.519. The molecular weight excluding hydrogens is 166 g/mol. The Bertz CT molecular complexity index is 34.5. The Morgan fingerprint density at radius 3 is 1.67 bits per heavy atom. The Kier molecular flexibility index (Phi) is 24.6. The van der Waals surface area contributed by atoms with Crippen molar-refractivity contribution in [3.05, 3.63) is 0 Å². The van der Waals surface area contributed by atoms with Gasteiger partial charge >= 0.3 is 0 Å². The second-order valence-electron chi connectivity index (χ2n) is 0.519. The summed E-state index contributed by atoms with van der Waals surface area (Å²) in [4.78, 5) is 9.00. The first-order valence-electron chi connectivity index (χ1n) is 0.928. The molecule has 4 heteroatoms. The monoisotopic (exact) mass is 169 g/mol. The molecule has 0 saturated heterocycles. The second kappa shape index (κ2) is 9.35. The van der Waals surface area contributed by atoms with Crippen LogP contribution in [0.5, 0.6) is 0 Å². The molecule has 0 aliphatic rings. The Balaban J connectivity index is -0.0000000450. The summed E-state index contributed by atoms with van der Waals surface area (Å²) in [5, 5.41) is 7.42. The van der Waals surface area contributed by atoms with Crippen LogP contribution < -0.4 is 0 Å². The van der Waals surface area contributed by atoms with Crippen molar-refractivity contribution in [3.8, 4) is 0 Å². The fourth-order valence-electron chi connectivity index (χ4n) is 0. The molecule has 0 aromatic carbocycles. The standard InChI is InChI=1S/C2H4O2.Sc.Zn/c1-2(3)4;;/h1H3,(H,3,4);;. The number of carbonyl (C=O) groups is 1. The maximum absolute atomic E-state index is 9.00. The van der Waals surface area contributed by atoms with E-state index >= 15 is 0 Å². The molecule has 0 fully saturated rings. The van der Waals surface area contributed by atoms with Gasteiger partial charge in [0.05, 0.1) is 0 Å². The third-order valence-electron chi connectivity index (χ3n) is 0. The van der Waals surface area contributed by atoms with E-state index in [0.29, 0.717) is 0 Å². The van der Waals surface area contributed by atoms with Crippen molar-refractivity contribution in [3.63, 3.8) is 0 Å². The van der Waals surface area contributed by atoms with Crippen LogP contribution in [-0.4, -0.2) is 11.1 Å². The molecule has 0 heterocycles. The molecule has 0 saturated carbocycles. The third kappa shape index (κ3) is 84.0. The fraction of sp³-hybridized carbons (Fsp3) is 0.500. The molecular formula is C2H4O2ScZn. The van der Waals surface area contributed by atoms with E-state index in [1.807, 2.05) is 0 Å². The van der Waals surface area contributed by atoms with Gasteiger partial charge in [-0.15, -0.1) is 0 Å². The van der Waals surface area contributed by atoms with E-state index in [4.69, 9.17) is 9.90 Å². The minimum atomic E-state index is -0.833. The summed E-state index contributed by atoms with van der Waals surface area (Å²) < 4.78 is 0. The van der Waals surface area contributed by atoms with Crippen LogP contribution in [0.1, 0.15) is 6.92 Å². The number of rotatable bonds is 0. The van der Waals surface area contributed by atoms with E-state index in [1.54, 1.807) is 0 Å². The van der Waals surface area contributed by atoms with E-state index in [0.717, 1.165) is 6.92 Å². The van der Waals surface area contributed by atoms with E-state index in [1.165, 1.54) is 0 Å². The van der Waals surface area contributed by atoms with Gasteiger partial charge in [0, 0.05) is 52.2 Å². The van der Waals surface area contributed by atoms with Crippen molar-refractivity contribution < 1.29 is 55.2 Å². The first kappa shape index (κ1) is 15.8. The zero-order valence-electron chi connectivity index (χ0n) is 3.64. The van der Waals surface area contributed by atoms with Crippen LogP contribution >= 0.6 is 0 Å². The van der Waals surface area contributed by atoms with Crippen LogP contribution in [0, 0.1) is 0 Å². The number of carboxylic acids is 1. The molecule has 6 heavy (non-hydrogen) atoms. The first-order valence-corrected chi connectivity index (χ1v) is 0.928. The largest absolute Gasteiger partial charge is 0.481 e. The summed E-state index contributed by atoms with van der Waals surface area (Å²) in [6.07, 6.45) is 0. The van der Waals surface area contributed by atoms with Gasteiger partial charge in [0.2, 0.25) is 0 Å². The van der Waals surface area contributed by atoms with Gasteiger partial charge in [-0.05, 0) is 0 Å². The molecule has 29 valence electrons. The van der Waals surface area contributed by atoms with Crippen LogP contribution in [0.3, 0.4) is 0 Å². The molecule has 1 radical (unpaired) electrons. The van der Waals surface area contributed by atoms with Gasteiger partial charge in [-0.2, -0.15) is 0 Å². The molecule has 0 aliphatic heterocycles. The molecule has 1 N–H and O–H groups in total. The van der Waals surface area contributed by atoms with Gasteiger partial charge in [-0.1, -0.05) is 0 Å². The molecule has 0 aliphatic carbocycles. The van der Waals surface area contributed by atoms with Crippen LogP contribution in [0.25, 0.3) is 0 Å². The van der Waals surface area contributed by atoms with Crippen molar-refractivity contribution in [2.24, 2.45) is 0 Å². The average molecular weight is 170 g/mol. The summed E-state index contributed by atoms with van der Waals surface area (Å²) in [5.41, 5.74) is 0. The van der Waals surface area contributed by atoms with Gasteiger partial charge in [-0.3, -0.25) is 4.79 Å². The number of carboxylic acid groups (broad SMARTS) is 1. The van der Waals surface area contributed by atoms with Crippen molar-refractivity contribution >= 4 is 5.97 Å². The summed E-state index contributed by atoms with van der Waals surface area (Å²) >= 11 is 0. The summed E-state index contributed by atoms with van der Waals surface area (Å²) in [6, 6.07) is 0. The molecule has 0 atom stereocenters. The van der Waals surface area contributed by atoms with Crippen LogP contribution in [0.15, 0.2) is 0 Å². The zero-order valence-corrected chi connectivity index (χ0v) is 8.41. The van der Waals surface area contributed by atoms with Crippen LogP contribution in [0.2, 0.25) is 0 Å². The molecule has 0 spiro atoms. The maximum atomic E-state index is 9.00. The molecule has 0 bridgehead atoms. The molecule has 0 aromatic rings. The maximum Gasteiger partial charge on any atom is 0.300 e. The topological polar surface area (TPSA) is 37.3 Å². The molecule has 0 amide bonds. The van der Waals surface area contributed by atoms with Crippen molar-refractivity contribution in [1.29, 1.82) is 0 Å². The number of aliphatic carboxylic acids is 1. The third-order valence-corrected chi connectivity index (χ3v) is 0. The van der Waals surface area contributed by atoms with Gasteiger partial charge < -0.3 is 5.11 Å². The van der Waals surface area contributed by atoms with Crippen molar-refractivity contribution in [2.75, 3.05) is 0 Å². The van der Waals surface area contributed by atoms with E-state index in [9.17, 15) is 0 Å². The molecule has 0 aromatic heterocycles. The Morgan fingerprint density at radius 1 is 1.67 bits per heavy atom. The SMILES string of the molecule is CC(=O)O.[Sc].[Zn]. The summed E-state index contributed by atoms with van der Waals surface area (Å²) in [6.45, 7) is 1.08. The minimum absolute atomic E-state index is 0. The van der Waals surface area contributed by atoms with Gasteiger partial charge in [-0.25, -0.2) is 0 Å². The van der Waals surface area contributed by atoms with Gasteiger partial charge in [0.25, 0.3) is 5.97 Å². The quantitative estimate of drug-likeness (QED) is 0.523. The summed E-state index contributed by atoms with van der Waals surface area (Å²) in [7, 11) is 0. The van der Waals surface area contributed by atoms with E-state index in [2.05, 4.69) is 0 Å². The minimum Gasteiger partial charge on any atom is -0.481 e. The molecule has 0 rings (SSSR count). The van der Waals surface area contributed by atoms with Crippen LogP contribution in [-0.2, 0) is 50.1 Å². The van der Waals surface area contributed by atoms with Crippen LogP contribution in [0.4, 0.5) is 0 Å². The number of hydrogen-bond acceptors (Lipinski definition) is 1. The van der Waals surface area contributed by atoms with Crippen molar-refractivity contribution in [1.82, 2.24) is 0 Å². The van der Waals surface area contributed by atoms with E-state index in [-0.39, 0.29) is 45.3 Å².